The van der Waals surface area contributed by atoms with Gasteiger partial charge in [-0.25, -0.2) is 4.98 Å². The predicted octanol–water partition coefficient (Wildman–Crippen LogP) is 0.999. The zero-order chi connectivity index (χ0) is 15.9. The van der Waals surface area contributed by atoms with E-state index in [4.69, 9.17) is 14.9 Å². The maximum atomic E-state index is 11.8. The molecule has 7 heteroatoms. The third kappa shape index (κ3) is 4.31. The first-order valence-electron chi connectivity index (χ1n) is 6.86. The maximum Gasteiger partial charge on any atom is 0.273 e. The third-order valence-electron chi connectivity index (χ3n) is 3.06. The average molecular weight is 305 g/mol. The van der Waals surface area contributed by atoms with Crippen LogP contribution in [-0.2, 0) is 11.2 Å². The zero-order valence-electron chi connectivity index (χ0n) is 12.3. The minimum Gasteiger partial charge on any atom is -0.508 e. The molecule has 0 bridgehead atoms. The van der Waals surface area contributed by atoms with Gasteiger partial charge in [0.05, 0.1) is 12.6 Å². The van der Waals surface area contributed by atoms with Gasteiger partial charge in [0.1, 0.15) is 12.0 Å². The molecule has 0 saturated heterocycles. The molecule has 2 rings (SSSR count). The number of aromatic nitrogens is 1. The number of amides is 1. The van der Waals surface area contributed by atoms with Crippen LogP contribution < -0.4 is 11.1 Å². The second kappa shape index (κ2) is 7.58. The Balaban J connectivity index is 1.95. The highest BCUT2D eigenvalue weighted by Crippen LogP contribution is 2.17. The van der Waals surface area contributed by atoms with Gasteiger partial charge in [-0.2, -0.15) is 0 Å². The summed E-state index contributed by atoms with van der Waals surface area (Å²) in [6, 6.07) is 6.26. The van der Waals surface area contributed by atoms with Crippen LogP contribution in [0.1, 0.15) is 28.0 Å². The Labute approximate surface area is 128 Å². The maximum absolute atomic E-state index is 11.8. The molecule has 0 aliphatic rings. The molecule has 7 nitrogen and oxygen atoms in total. The Morgan fingerprint density at radius 2 is 2.18 bits per heavy atom. The van der Waals surface area contributed by atoms with Crippen molar-refractivity contribution < 1.29 is 19.1 Å². The van der Waals surface area contributed by atoms with Crippen molar-refractivity contribution in [3.8, 4) is 5.75 Å². The molecule has 0 aliphatic carbocycles. The van der Waals surface area contributed by atoms with E-state index in [1.807, 2.05) is 0 Å². The first-order valence-corrected chi connectivity index (χ1v) is 6.86. The molecule has 4 N–H and O–H groups in total. The molecule has 0 saturated carbocycles. The summed E-state index contributed by atoms with van der Waals surface area (Å²) in [4.78, 5) is 15.9. The zero-order valence-corrected chi connectivity index (χ0v) is 12.3. The molecule has 1 aromatic carbocycles. The summed E-state index contributed by atoms with van der Waals surface area (Å²) in [6.07, 6.45) is 1.78. The number of carbonyl (C=O) groups is 1. The topological polar surface area (TPSA) is 111 Å². The van der Waals surface area contributed by atoms with E-state index in [9.17, 15) is 9.90 Å². The average Bonchev–Trinajstić information content (AvgIpc) is 3.00. The van der Waals surface area contributed by atoms with E-state index < -0.39 is 6.04 Å². The lowest BCUT2D eigenvalue weighted by Gasteiger charge is -2.07. The van der Waals surface area contributed by atoms with Crippen molar-refractivity contribution in [2.45, 2.75) is 12.5 Å². The molecule has 0 aliphatic heterocycles. The number of hydrogen-bond donors (Lipinski definition) is 3. The van der Waals surface area contributed by atoms with Gasteiger partial charge in [0.2, 0.25) is 5.89 Å². The molecule has 1 unspecified atom stereocenters. The summed E-state index contributed by atoms with van der Waals surface area (Å²) >= 11 is 0. The lowest BCUT2D eigenvalue weighted by Crippen LogP contribution is -2.27. The van der Waals surface area contributed by atoms with E-state index in [0.29, 0.717) is 25.5 Å². The van der Waals surface area contributed by atoms with Crippen LogP contribution in [0.5, 0.6) is 5.75 Å². The number of phenolic OH excluding ortho intramolecular Hbond substituents is 1. The van der Waals surface area contributed by atoms with Crippen molar-refractivity contribution in [3.63, 3.8) is 0 Å². The molecule has 118 valence electrons. The van der Waals surface area contributed by atoms with E-state index in [-0.39, 0.29) is 17.4 Å². The molecule has 22 heavy (non-hydrogen) atoms. The highest BCUT2D eigenvalue weighted by atomic mass is 16.5. The number of oxazole rings is 1. The first-order chi connectivity index (χ1) is 10.6. The van der Waals surface area contributed by atoms with Gasteiger partial charge in [-0.1, -0.05) is 12.1 Å². The smallest absolute Gasteiger partial charge is 0.273 e. The van der Waals surface area contributed by atoms with Crippen molar-refractivity contribution in [3.05, 3.63) is 47.7 Å². The minimum absolute atomic E-state index is 0.187. The van der Waals surface area contributed by atoms with Crippen LogP contribution in [0.15, 0.2) is 34.9 Å². The lowest BCUT2D eigenvalue weighted by molar-refractivity contribution is 0.0932. The van der Waals surface area contributed by atoms with E-state index in [0.717, 1.165) is 5.56 Å². The number of hydrogen-bond acceptors (Lipinski definition) is 6. The molecule has 0 spiro atoms. The van der Waals surface area contributed by atoms with Crippen LogP contribution >= 0.6 is 0 Å². The molecule has 1 aromatic heterocycles. The summed E-state index contributed by atoms with van der Waals surface area (Å²) in [5.41, 5.74) is 7.16. The van der Waals surface area contributed by atoms with Crippen molar-refractivity contribution in [1.29, 1.82) is 0 Å². The number of methoxy groups -OCH3 is 1. The van der Waals surface area contributed by atoms with Gasteiger partial charge in [0, 0.05) is 13.7 Å². The van der Waals surface area contributed by atoms with Crippen molar-refractivity contribution in [2.75, 3.05) is 20.3 Å². The standard InChI is InChI=1S/C15H19N3O4/c1-21-7-6-17-14(20)13-9-22-15(18-13)12(16)8-10-2-4-11(19)5-3-10/h2-5,9,12,19H,6-8,16H2,1H3,(H,17,20). The van der Waals surface area contributed by atoms with Crippen molar-refractivity contribution in [1.82, 2.24) is 10.3 Å². The van der Waals surface area contributed by atoms with Crippen molar-refractivity contribution in [2.24, 2.45) is 5.73 Å². The number of benzene rings is 1. The van der Waals surface area contributed by atoms with Gasteiger partial charge in [-0.15, -0.1) is 0 Å². The molecule has 1 heterocycles. The summed E-state index contributed by atoms with van der Waals surface area (Å²) in [5, 5.41) is 11.9. The quantitative estimate of drug-likeness (QED) is 0.658. The summed E-state index contributed by atoms with van der Waals surface area (Å²) in [7, 11) is 1.56. The molecule has 1 atom stereocenters. The van der Waals surface area contributed by atoms with E-state index in [1.165, 1.54) is 6.26 Å². The lowest BCUT2D eigenvalue weighted by atomic mass is 10.1. The van der Waals surface area contributed by atoms with Crippen LogP contribution in [0.4, 0.5) is 0 Å². The number of carbonyl (C=O) groups excluding carboxylic acids is 1. The summed E-state index contributed by atoms with van der Waals surface area (Å²) < 4.78 is 10.1. The van der Waals surface area contributed by atoms with Crippen molar-refractivity contribution >= 4 is 5.91 Å². The molecule has 0 fully saturated rings. The van der Waals surface area contributed by atoms with E-state index >= 15 is 0 Å². The molecular formula is C15H19N3O4. The Kier molecular flexibility index (Phi) is 5.51. The number of phenols is 1. The number of nitrogens with two attached hydrogens (primary N) is 1. The van der Waals surface area contributed by atoms with E-state index in [2.05, 4.69) is 10.3 Å². The van der Waals surface area contributed by atoms with Gasteiger partial charge in [-0.05, 0) is 24.1 Å². The summed E-state index contributed by atoms with van der Waals surface area (Å²) in [6.45, 7) is 0.827. The second-order valence-corrected chi connectivity index (χ2v) is 4.80. The monoisotopic (exact) mass is 305 g/mol. The number of aromatic hydroxyl groups is 1. The Morgan fingerprint density at radius 3 is 2.86 bits per heavy atom. The normalized spacial score (nSPS) is 12.1. The van der Waals surface area contributed by atoms with Gasteiger partial charge in [0.25, 0.3) is 5.91 Å². The fourth-order valence-corrected chi connectivity index (χ4v) is 1.89. The third-order valence-corrected chi connectivity index (χ3v) is 3.06. The van der Waals surface area contributed by atoms with Crippen LogP contribution in [0.2, 0.25) is 0 Å². The Hall–Kier alpha value is -2.38. The van der Waals surface area contributed by atoms with Crippen LogP contribution in [0.3, 0.4) is 0 Å². The van der Waals surface area contributed by atoms with Crippen LogP contribution in [0, 0.1) is 0 Å². The van der Waals surface area contributed by atoms with Crippen LogP contribution in [0.25, 0.3) is 0 Å². The predicted molar refractivity (Wildman–Crippen MR) is 79.5 cm³/mol. The fraction of sp³-hybridized carbons (Fsp3) is 0.333. The molecule has 2 aromatic rings. The number of rotatable bonds is 7. The van der Waals surface area contributed by atoms with Gasteiger partial charge >= 0.3 is 0 Å². The first kappa shape index (κ1) is 16.0. The SMILES string of the molecule is COCCNC(=O)c1coc(C(N)Cc2ccc(O)cc2)n1. The van der Waals surface area contributed by atoms with Gasteiger partial charge < -0.3 is 25.3 Å². The van der Waals surface area contributed by atoms with Gasteiger partial charge in [-0.3, -0.25) is 4.79 Å². The highest BCUT2D eigenvalue weighted by molar-refractivity contribution is 5.91. The minimum atomic E-state index is -0.468. The Bertz CT molecular complexity index is 610. The van der Waals surface area contributed by atoms with E-state index in [1.54, 1.807) is 31.4 Å². The number of nitrogens with one attached hydrogen (secondary N) is 1. The number of nitrogens with zero attached hydrogens (tertiary/aromatic N) is 1. The Morgan fingerprint density at radius 1 is 1.45 bits per heavy atom. The number of ether oxygens (including phenoxy) is 1. The molecule has 0 radical (unpaired) electrons. The summed E-state index contributed by atoms with van der Waals surface area (Å²) in [5.74, 6) is 0.164. The van der Waals surface area contributed by atoms with Gasteiger partial charge in [0.15, 0.2) is 5.69 Å². The largest absolute Gasteiger partial charge is 0.508 e. The highest BCUT2D eigenvalue weighted by Gasteiger charge is 2.17. The molecule has 1 amide bonds. The second-order valence-electron chi connectivity index (χ2n) is 4.80. The molecular weight excluding hydrogens is 286 g/mol. The van der Waals surface area contributed by atoms with Crippen LogP contribution in [-0.4, -0.2) is 36.3 Å². The fourth-order valence-electron chi connectivity index (χ4n) is 1.89.